The molecule has 0 radical (unpaired) electrons. The average molecular weight is 528 g/mol. The predicted octanol–water partition coefficient (Wildman–Crippen LogP) is 5.08. The van der Waals surface area contributed by atoms with Crippen molar-refractivity contribution in [1.82, 2.24) is 4.90 Å². The first-order valence-corrected chi connectivity index (χ1v) is 12.7. The first-order valence-electron chi connectivity index (χ1n) is 12.7. The molecule has 39 heavy (non-hydrogen) atoms. The zero-order valence-corrected chi connectivity index (χ0v) is 21.9. The number of fused-ring (bicyclic) bond motifs is 1. The molecule has 0 saturated carbocycles. The number of hydrogen-bond acceptors (Lipinski definition) is 6. The fourth-order valence-electron chi connectivity index (χ4n) is 4.85. The molecular formula is C31H29NO7. The van der Waals surface area contributed by atoms with E-state index in [1.54, 1.807) is 30.3 Å². The molecule has 5 rings (SSSR count). The second kappa shape index (κ2) is 9.94. The van der Waals surface area contributed by atoms with Crippen molar-refractivity contribution in [3.05, 3.63) is 100 Å². The zero-order chi connectivity index (χ0) is 27.9. The van der Waals surface area contributed by atoms with Gasteiger partial charge in [0, 0.05) is 12.1 Å². The lowest BCUT2D eigenvalue weighted by Crippen LogP contribution is -2.29. The summed E-state index contributed by atoms with van der Waals surface area (Å²) >= 11 is 0. The Bertz CT molecular complexity index is 1480. The monoisotopic (exact) mass is 527 g/mol. The quantitative estimate of drug-likeness (QED) is 0.270. The van der Waals surface area contributed by atoms with E-state index < -0.39 is 23.7 Å². The molecule has 2 heterocycles. The van der Waals surface area contributed by atoms with Gasteiger partial charge in [-0.15, -0.1) is 0 Å². The lowest BCUT2D eigenvalue weighted by Gasteiger charge is -2.27. The number of Topliss-reactive ketones (excluding diaryl/α,β-unsaturated/α-hetero) is 1. The second-order valence-corrected chi connectivity index (χ2v) is 10.7. The van der Waals surface area contributed by atoms with Crippen LogP contribution in [0.1, 0.15) is 59.4 Å². The number of carbonyl (C=O) groups is 3. The number of rotatable bonds is 5. The molecule has 0 aromatic heterocycles. The molecule has 200 valence electrons. The van der Waals surface area contributed by atoms with Gasteiger partial charge in [0.1, 0.15) is 19.0 Å². The van der Waals surface area contributed by atoms with Gasteiger partial charge < -0.3 is 24.6 Å². The summed E-state index contributed by atoms with van der Waals surface area (Å²) in [5.41, 5.74) is 2.73. The van der Waals surface area contributed by atoms with Crippen LogP contribution in [0.25, 0.3) is 5.76 Å². The van der Waals surface area contributed by atoms with E-state index in [4.69, 9.17) is 9.47 Å². The van der Waals surface area contributed by atoms with Crippen LogP contribution in [0.4, 0.5) is 0 Å². The van der Waals surface area contributed by atoms with Gasteiger partial charge in [-0.2, -0.15) is 0 Å². The first kappa shape index (κ1) is 26.0. The minimum absolute atomic E-state index is 0.0256. The third-order valence-corrected chi connectivity index (χ3v) is 7.00. The van der Waals surface area contributed by atoms with E-state index in [1.807, 2.05) is 24.3 Å². The van der Waals surface area contributed by atoms with Gasteiger partial charge in [-0.05, 0) is 52.4 Å². The van der Waals surface area contributed by atoms with Gasteiger partial charge in [0.2, 0.25) is 0 Å². The number of carbonyl (C=O) groups excluding carboxylic acids is 2. The number of nitrogens with zero attached hydrogens (tertiary/aromatic N) is 1. The molecule has 8 heteroatoms. The number of benzene rings is 3. The highest BCUT2D eigenvalue weighted by Gasteiger charge is 2.46. The molecule has 1 fully saturated rings. The lowest BCUT2D eigenvalue weighted by molar-refractivity contribution is -0.140. The normalized spacial score (nSPS) is 18.3. The van der Waals surface area contributed by atoms with Crippen molar-refractivity contribution in [3.8, 4) is 11.5 Å². The first-order chi connectivity index (χ1) is 18.5. The topological polar surface area (TPSA) is 113 Å². The number of aliphatic hydroxyl groups excluding tert-OH is 1. The minimum atomic E-state index is -1.06. The van der Waals surface area contributed by atoms with Crippen LogP contribution in [0, 0.1) is 0 Å². The van der Waals surface area contributed by atoms with Crippen molar-refractivity contribution in [1.29, 1.82) is 0 Å². The Hall–Kier alpha value is -4.59. The Balaban J connectivity index is 1.60. The maximum atomic E-state index is 13.4. The Morgan fingerprint density at radius 1 is 0.872 bits per heavy atom. The maximum absolute atomic E-state index is 13.4. The van der Waals surface area contributed by atoms with Crippen molar-refractivity contribution in [2.75, 3.05) is 13.2 Å². The van der Waals surface area contributed by atoms with E-state index in [0.717, 1.165) is 5.56 Å². The number of hydrogen-bond donors (Lipinski definition) is 2. The van der Waals surface area contributed by atoms with Crippen LogP contribution in [0.15, 0.2) is 72.3 Å². The fraction of sp³-hybridized carbons (Fsp3) is 0.258. The summed E-state index contributed by atoms with van der Waals surface area (Å²) in [7, 11) is 0. The molecule has 3 aromatic rings. The van der Waals surface area contributed by atoms with Crippen LogP contribution < -0.4 is 9.47 Å². The van der Waals surface area contributed by atoms with Gasteiger partial charge >= 0.3 is 5.97 Å². The van der Waals surface area contributed by atoms with Crippen molar-refractivity contribution < 1.29 is 34.1 Å². The lowest BCUT2D eigenvalue weighted by atomic mass is 9.85. The van der Waals surface area contributed by atoms with Crippen LogP contribution in [0.2, 0.25) is 0 Å². The standard InChI is InChI=1S/C31H29NO7/c1-31(2,3)22-11-8-19(9-12-22)26-25(27(33)21-10-13-23-24(16-21)39-15-14-38-23)28(34)29(35)32(26)17-18-4-6-20(7-5-18)30(36)37/h4-13,16,26,33H,14-15,17H2,1-3H3,(H,36,37)/b27-25-. The van der Waals surface area contributed by atoms with Crippen molar-refractivity contribution in [2.24, 2.45) is 0 Å². The molecule has 1 amide bonds. The Morgan fingerprint density at radius 3 is 2.10 bits per heavy atom. The number of likely N-dealkylation sites (tertiary alicyclic amines) is 1. The molecular weight excluding hydrogens is 498 g/mol. The summed E-state index contributed by atoms with van der Waals surface area (Å²) in [6, 6.07) is 17.8. The number of carboxylic acid groups (broad SMARTS) is 1. The number of ketones is 1. The molecule has 1 atom stereocenters. The Morgan fingerprint density at radius 2 is 1.49 bits per heavy atom. The summed E-state index contributed by atoms with van der Waals surface area (Å²) in [5, 5.41) is 20.7. The van der Waals surface area contributed by atoms with E-state index in [-0.39, 0.29) is 28.9 Å². The van der Waals surface area contributed by atoms with Crippen molar-refractivity contribution in [3.63, 3.8) is 0 Å². The highest BCUT2D eigenvalue weighted by atomic mass is 16.6. The van der Waals surface area contributed by atoms with Crippen LogP contribution in [0.3, 0.4) is 0 Å². The summed E-state index contributed by atoms with van der Waals surface area (Å²) in [4.78, 5) is 39.5. The summed E-state index contributed by atoms with van der Waals surface area (Å²) in [6.07, 6.45) is 0. The van der Waals surface area contributed by atoms with Gasteiger partial charge in [0.25, 0.3) is 11.7 Å². The summed E-state index contributed by atoms with van der Waals surface area (Å²) in [5.74, 6) is -1.92. The van der Waals surface area contributed by atoms with E-state index in [2.05, 4.69) is 20.8 Å². The molecule has 2 N–H and O–H groups in total. The molecule has 2 aliphatic rings. The number of ether oxygens (including phenoxy) is 2. The van der Waals surface area contributed by atoms with Crippen LogP contribution in [-0.4, -0.2) is 46.0 Å². The minimum Gasteiger partial charge on any atom is -0.507 e. The molecule has 0 spiro atoms. The summed E-state index contributed by atoms with van der Waals surface area (Å²) in [6.45, 7) is 7.11. The highest BCUT2D eigenvalue weighted by Crippen LogP contribution is 2.42. The number of aromatic carboxylic acids is 1. The van der Waals surface area contributed by atoms with E-state index in [0.29, 0.717) is 41.4 Å². The van der Waals surface area contributed by atoms with Gasteiger partial charge in [-0.1, -0.05) is 57.2 Å². The third-order valence-electron chi connectivity index (χ3n) is 7.00. The van der Waals surface area contributed by atoms with Gasteiger partial charge in [0.15, 0.2) is 11.5 Å². The molecule has 8 nitrogen and oxygen atoms in total. The molecule has 1 saturated heterocycles. The predicted molar refractivity (Wildman–Crippen MR) is 144 cm³/mol. The summed E-state index contributed by atoms with van der Waals surface area (Å²) < 4.78 is 11.2. The maximum Gasteiger partial charge on any atom is 0.335 e. The third kappa shape index (κ3) is 4.97. The smallest absolute Gasteiger partial charge is 0.335 e. The van der Waals surface area contributed by atoms with E-state index >= 15 is 0 Å². The molecule has 2 aliphatic heterocycles. The number of carboxylic acids is 1. The number of amides is 1. The van der Waals surface area contributed by atoms with Gasteiger partial charge in [-0.25, -0.2) is 4.79 Å². The van der Waals surface area contributed by atoms with Gasteiger partial charge in [0.05, 0.1) is 17.2 Å². The molecule has 3 aromatic carbocycles. The van der Waals surface area contributed by atoms with Crippen LogP contribution >= 0.6 is 0 Å². The van der Waals surface area contributed by atoms with Crippen molar-refractivity contribution >= 4 is 23.4 Å². The average Bonchev–Trinajstić information content (AvgIpc) is 3.17. The Labute approximate surface area is 226 Å². The van der Waals surface area contributed by atoms with Crippen LogP contribution in [0.5, 0.6) is 11.5 Å². The SMILES string of the molecule is CC(C)(C)c1ccc(C2/C(=C(/O)c3ccc4c(c3)OCCO4)C(=O)C(=O)N2Cc2ccc(C(=O)O)cc2)cc1. The fourth-order valence-corrected chi connectivity index (χ4v) is 4.85. The molecule has 1 unspecified atom stereocenters. The van der Waals surface area contributed by atoms with E-state index in [9.17, 15) is 24.6 Å². The highest BCUT2D eigenvalue weighted by molar-refractivity contribution is 6.46. The Kier molecular flexibility index (Phi) is 6.64. The molecule has 0 aliphatic carbocycles. The van der Waals surface area contributed by atoms with Crippen LogP contribution in [-0.2, 0) is 21.5 Å². The number of aliphatic hydroxyl groups is 1. The molecule has 0 bridgehead atoms. The van der Waals surface area contributed by atoms with E-state index in [1.165, 1.54) is 17.0 Å². The largest absolute Gasteiger partial charge is 0.507 e. The van der Waals surface area contributed by atoms with Crippen molar-refractivity contribution in [2.45, 2.75) is 38.8 Å². The zero-order valence-electron chi connectivity index (χ0n) is 21.9. The second-order valence-electron chi connectivity index (χ2n) is 10.7. The van der Waals surface area contributed by atoms with Gasteiger partial charge in [-0.3, -0.25) is 9.59 Å².